The number of carbonyl (C=O) groups excluding carboxylic acids is 1. The first-order valence-electron chi connectivity index (χ1n) is 4.94. The topological polar surface area (TPSA) is 43.5 Å². The lowest BCUT2D eigenvalue weighted by molar-refractivity contribution is -0.596. The fourth-order valence-corrected chi connectivity index (χ4v) is 1.54. The second kappa shape index (κ2) is 4.09. The van der Waals surface area contributed by atoms with Gasteiger partial charge in [0, 0.05) is 0 Å². The fourth-order valence-electron chi connectivity index (χ4n) is 1.54. The van der Waals surface area contributed by atoms with Gasteiger partial charge in [0.25, 0.3) is 0 Å². The molecule has 0 unspecified atom stereocenters. The Morgan fingerprint density at radius 3 is 2.57 bits per heavy atom. The van der Waals surface area contributed by atoms with Crippen LogP contribution in [0.2, 0.25) is 0 Å². The third-order valence-electron chi connectivity index (χ3n) is 2.48. The van der Waals surface area contributed by atoms with Crippen LogP contribution >= 0.6 is 0 Å². The van der Waals surface area contributed by atoms with Crippen molar-refractivity contribution < 1.29 is 14.5 Å². The highest BCUT2D eigenvalue weighted by Gasteiger charge is 2.28. The molecule has 0 bridgehead atoms. The molecule has 0 aliphatic carbocycles. The van der Waals surface area contributed by atoms with E-state index >= 15 is 0 Å². The first-order valence-corrected chi connectivity index (χ1v) is 4.94. The van der Waals surface area contributed by atoms with Crippen LogP contribution in [0.4, 0.5) is 0 Å². The molecule has 0 fully saturated rings. The van der Waals surface area contributed by atoms with Crippen LogP contribution in [0.5, 0.6) is 0 Å². The normalized spacial score (nSPS) is 18.0. The van der Waals surface area contributed by atoms with Crippen LogP contribution in [0.1, 0.15) is 20.8 Å². The van der Waals surface area contributed by atoms with E-state index in [1.807, 2.05) is 6.21 Å². The number of hydrogen-bond donors (Lipinski definition) is 1. The van der Waals surface area contributed by atoms with Gasteiger partial charge in [-0.05, 0) is 20.8 Å². The minimum Gasteiger partial charge on any atom is -0.387 e. The van der Waals surface area contributed by atoms with E-state index in [-0.39, 0.29) is 18.1 Å². The summed E-state index contributed by atoms with van der Waals surface area (Å²) in [4.78, 5) is 12.8. The molecule has 4 heteroatoms. The van der Waals surface area contributed by atoms with E-state index in [9.17, 15) is 4.79 Å². The average Bonchev–Trinajstić information content (AvgIpc) is 2.15. The van der Waals surface area contributed by atoms with Gasteiger partial charge in [-0.15, -0.1) is 0 Å². The molecule has 1 aliphatic heterocycles. The number of rotatable bonds is 1. The summed E-state index contributed by atoms with van der Waals surface area (Å²) in [7, 11) is 0. The van der Waals surface area contributed by atoms with Gasteiger partial charge in [-0.2, -0.15) is 0 Å². The van der Waals surface area contributed by atoms with Crippen molar-refractivity contribution in [3.05, 3.63) is 0 Å². The Morgan fingerprint density at radius 1 is 1.57 bits per heavy atom. The van der Waals surface area contributed by atoms with Crippen molar-refractivity contribution >= 4 is 12.1 Å². The van der Waals surface area contributed by atoms with E-state index in [0.717, 1.165) is 6.54 Å². The van der Waals surface area contributed by atoms with E-state index in [1.165, 1.54) is 0 Å². The van der Waals surface area contributed by atoms with E-state index < -0.39 is 0 Å². The first kappa shape index (κ1) is 11.2. The highest BCUT2D eigenvalue weighted by Crippen LogP contribution is 2.08. The van der Waals surface area contributed by atoms with Crippen LogP contribution in [0.3, 0.4) is 0 Å². The number of carbonyl (C=O) groups is 1. The van der Waals surface area contributed by atoms with Gasteiger partial charge in [-0.1, -0.05) is 0 Å². The van der Waals surface area contributed by atoms with Crippen LogP contribution in [0.25, 0.3) is 0 Å². The molecule has 80 valence electrons. The Morgan fingerprint density at radius 2 is 2.21 bits per heavy atom. The molecule has 0 atom stereocenters. The number of hydrogen-bond acceptors (Lipinski definition) is 2. The van der Waals surface area contributed by atoms with E-state index in [1.54, 1.807) is 4.90 Å². The third kappa shape index (κ3) is 2.54. The van der Waals surface area contributed by atoms with Gasteiger partial charge in [-0.3, -0.25) is 4.79 Å². The minimum absolute atomic E-state index is 0.119. The number of aliphatic hydroxyl groups excluding tert-OH is 1. The van der Waals surface area contributed by atoms with Crippen LogP contribution in [0.15, 0.2) is 0 Å². The molecular formula is C10H19N2O2+. The molecule has 0 spiro atoms. The average molecular weight is 199 g/mol. The Balaban J connectivity index is 2.60. The smallest absolute Gasteiger partial charge is 0.248 e. The van der Waals surface area contributed by atoms with Crippen molar-refractivity contribution in [3.63, 3.8) is 0 Å². The summed E-state index contributed by atoms with van der Waals surface area (Å²) in [5.74, 6) is -0.185. The zero-order chi connectivity index (χ0) is 10.8. The zero-order valence-electron chi connectivity index (χ0n) is 9.16. The van der Waals surface area contributed by atoms with Crippen molar-refractivity contribution in [2.45, 2.75) is 26.3 Å². The largest absolute Gasteiger partial charge is 0.387 e. The number of aliphatic hydroxyl groups is 1. The van der Waals surface area contributed by atoms with Crippen molar-refractivity contribution in [2.24, 2.45) is 0 Å². The van der Waals surface area contributed by atoms with Crippen LogP contribution in [0, 0.1) is 0 Å². The maximum absolute atomic E-state index is 11.2. The molecule has 1 amide bonds. The molecule has 0 aromatic carbocycles. The summed E-state index contributed by atoms with van der Waals surface area (Å²) >= 11 is 0. The summed E-state index contributed by atoms with van der Waals surface area (Å²) in [6.45, 7) is 8.20. The second-order valence-corrected chi connectivity index (χ2v) is 4.54. The molecule has 4 nitrogen and oxygen atoms in total. The Labute approximate surface area is 84.8 Å². The minimum atomic E-state index is -0.386. The summed E-state index contributed by atoms with van der Waals surface area (Å²) in [6.07, 6.45) is 2.02. The van der Waals surface area contributed by atoms with Crippen molar-refractivity contribution in [1.82, 2.24) is 4.90 Å². The zero-order valence-corrected chi connectivity index (χ0v) is 9.16. The summed E-state index contributed by atoms with van der Waals surface area (Å²) in [5, 5.41) is 8.69. The van der Waals surface area contributed by atoms with E-state index in [2.05, 4.69) is 25.3 Å². The fraction of sp³-hybridized carbons (Fsp3) is 0.800. The molecule has 1 aliphatic rings. The quantitative estimate of drug-likeness (QED) is 0.589. The SMILES string of the molecule is CC(C)(C)[N+]1=CCN(C(=O)CO)CC1. The summed E-state index contributed by atoms with van der Waals surface area (Å²) < 4.78 is 2.23. The molecular weight excluding hydrogens is 180 g/mol. The lowest BCUT2D eigenvalue weighted by Crippen LogP contribution is -2.48. The van der Waals surface area contributed by atoms with Gasteiger partial charge in [-0.25, -0.2) is 4.58 Å². The van der Waals surface area contributed by atoms with Gasteiger partial charge >= 0.3 is 0 Å². The monoisotopic (exact) mass is 199 g/mol. The highest BCUT2D eigenvalue weighted by molar-refractivity contribution is 5.79. The predicted molar refractivity (Wildman–Crippen MR) is 54.6 cm³/mol. The van der Waals surface area contributed by atoms with Crippen LogP contribution in [-0.4, -0.2) is 58.5 Å². The summed E-state index contributed by atoms with van der Waals surface area (Å²) in [5.41, 5.74) is 0.119. The van der Waals surface area contributed by atoms with Gasteiger partial charge in [0.1, 0.15) is 6.61 Å². The maximum atomic E-state index is 11.2. The molecule has 0 aromatic heterocycles. The molecule has 14 heavy (non-hydrogen) atoms. The molecule has 1 heterocycles. The Hall–Kier alpha value is -0.900. The maximum Gasteiger partial charge on any atom is 0.248 e. The molecule has 1 rings (SSSR count). The Kier molecular flexibility index (Phi) is 3.26. The highest BCUT2D eigenvalue weighted by atomic mass is 16.3. The molecule has 0 saturated heterocycles. The van der Waals surface area contributed by atoms with Crippen molar-refractivity contribution in [1.29, 1.82) is 0 Å². The van der Waals surface area contributed by atoms with Crippen molar-refractivity contribution in [3.8, 4) is 0 Å². The van der Waals surface area contributed by atoms with Gasteiger partial charge in [0.15, 0.2) is 18.3 Å². The molecule has 0 saturated carbocycles. The lowest BCUT2D eigenvalue weighted by Gasteiger charge is -2.27. The van der Waals surface area contributed by atoms with Crippen molar-refractivity contribution in [2.75, 3.05) is 26.2 Å². The van der Waals surface area contributed by atoms with Gasteiger partial charge < -0.3 is 10.0 Å². The second-order valence-electron chi connectivity index (χ2n) is 4.54. The third-order valence-corrected chi connectivity index (χ3v) is 2.48. The van der Waals surface area contributed by atoms with E-state index in [4.69, 9.17) is 5.11 Å². The molecule has 0 radical (unpaired) electrons. The van der Waals surface area contributed by atoms with Crippen LogP contribution < -0.4 is 0 Å². The van der Waals surface area contributed by atoms with Crippen LogP contribution in [-0.2, 0) is 4.79 Å². The first-order chi connectivity index (χ1) is 6.45. The number of nitrogens with zero attached hydrogens (tertiary/aromatic N) is 2. The summed E-state index contributed by atoms with van der Waals surface area (Å²) in [6, 6.07) is 0. The molecule has 1 N–H and O–H groups in total. The van der Waals surface area contributed by atoms with Gasteiger partial charge in [0.2, 0.25) is 5.91 Å². The van der Waals surface area contributed by atoms with Gasteiger partial charge in [0.05, 0.1) is 13.1 Å². The Bertz CT molecular complexity index is 253. The standard InChI is InChI=1S/C10H19N2O2/c1-10(2,3)12-6-4-11(5-7-12)9(14)8-13/h6,13H,4-5,7-8H2,1-3H3/q+1. The predicted octanol–water partition coefficient (Wildman–Crippen LogP) is -0.297. The molecule has 0 aromatic rings. The lowest BCUT2D eigenvalue weighted by atomic mass is 10.1. The number of amides is 1. The van der Waals surface area contributed by atoms with E-state index in [0.29, 0.717) is 13.1 Å².